The number of carbonyl (C=O) groups excluding carboxylic acids is 1. The highest BCUT2D eigenvalue weighted by molar-refractivity contribution is 5.94. The van der Waals surface area contributed by atoms with Gasteiger partial charge in [0.2, 0.25) is 0 Å². The van der Waals surface area contributed by atoms with Gasteiger partial charge in [-0.25, -0.2) is 0 Å². The van der Waals surface area contributed by atoms with E-state index >= 15 is 0 Å². The molecule has 2 aromatic carbocycles. The number of aryl methyl sites for hydroxylation is 1. The van der Waals surface area contributed by atoms with Gasteiger partial charge in [-0.15, -0.1) is 0 Å². The topological polar surface area (TPSA) is 58.6 Å². The molecule has 0 saturated carbocycles. The Morgan fingerprint density at radius 3 is 2.55 bits per heavy atom. The Kier molecular flexibility index (Phi) is 4.25. The zero-order valence-corrected chi connectivity index (χ0v) is 11.5. The predicted molar refractivity (Wildman–Crippen MR) is 77.0 cm³/mol. The normalized spacial score (nSPS) is 10.1. The first-order valence-electron chi connectivity index (χ1n) is 6.31. The van der Waals surface area contributed by atoms with Crippen molar-refractivity contribution < 1.29 is 14.6 Å². The minimum absolute atomic E-state index is 0.0163. The van der Waals surface area contributed by atoms with Gasteiger partial charge in [0, 0.05) is 12.1 Å². The van der Waals surface area contributed by atoms with Gasteiger partial charge in [-0.3, -0.25) is 4.79 Å². The lowest BCUT2D eigenvalue weighted by Gasteiger charge is -2.08. The molecule has 0 aliphatic rings. The molecule has 0 atom stereocenters. The lowest BCUT2D eigenvalue weighted by molar-refractivity contribution is 0.0950. The molecule has 4 heteroatoms. The highest BCUT2D eigenvalue weighted by Gasteiger charge is 2.09. The average molecular weight is 271 g/mol. The van der Waals surface area contributed by atoms with E-state index in [9.17, 15) is 9.90 Å². The van der Waals surface area contributed by atoms with Crippen molar-refractivity contribution in [2.75, 3.05) is 7.11 Å². The van der Waals surface area contributed by atoms with Crippen LogP contribution in [0.2, 0.25) is 0 Å². The fourth-order valence-electron chi connectivity index (χ4n) is 1.81. The SMILES string of the molecule is COc1cc(C(=O)NCc2ccc(C)cc2)ccc1O. The number of carbonyl (C=O) groups is 1. The van der Waals surface area contributed by atoms with Crippen molar-refractivity contribution in [3.63, 3.8) is 0 Å². The molecule has 0 heterocycles. The average Bonchev–Trinajstić information content (AvgIpc) is 2.47. The van der Waals surface area contributed by atoms with Crippen LogP contribution in [0.25, 0.3) is 0 Å². The van der Waals surface area contributed by atoms with Gasteiger partial charge < -0.3 is 15.2 Å². The number of rotatable bonds is 4. The van der Waals surface area contributed by atoms with E-state index in [1.54, 1.807) is 6.07 Å². The zero-order valence-electron chi connectivity index (χ0n) is 11.5. The van der Waals surface area contributed by atoms with Crippen LogP contribution in [0, 0.1) is 6.92 Å². The van der Waals surface area contributed by atoms with Crippen molar-refractivity contribution in [3.8, 4) is 11.5 Å². The van der Waals surface area contributed by atoms with E-state index in [1.165, 1.54) is 24.8 Å². The maximum absolute atomic E-state index is 12.0. The van der Waals surface area contributed by atoms with Crippen LogP contribution in [0.3, 0.4) is 0 Å². The molecule has 2 N–H and O–H groups in total. The molecular weight excluding hydrogens is 254 g/mol. The maximum atomic E-state index is 12.0. The molecule has 104 valence electrons. The molecule has 1 amide bonds. The van der Waals surface area contributed by atoms with Crippen molar-refractivity contribution >= 4 is 5.91 Å². The van der Waals surface area contributed by atoms with E-state index in [-0.39, 0.29) is 17.4 Å². The number of amides is 1. The van der Waals surface area contributed by atoms with Gasteiger partial charge in [-0.1, -0.05) is 29.8 Å². The molecule has 2 rings (SSSR count). The molecule has 0 aromatic heterocycles. The second-order valence-corrected chi connectivity index (χ2v) is 4.55. The summed E-state index contributed by atoms with van der Waals surface area (Å²) in [5, 5.41) is 12.3. The quantitative estimate of drug-likeness (QED) is 0.898. The van der Waals surface area contributed by atoms with Crippen molar-refractivity contribution in [1.29, 1.82) is 0 Å². The number of phenols is 1. The molecule has 0 fully saturated rings. The number of hydrogen-bond donors (Lipinski definition) is 2. The van der Waals surface area contributed by atoms with Gasteiger partial charge in [0.05, 0.1) is 7.11 Å². The molecule has 0 unspecified atom stereocenters. The van der Waals surface area contributed by atoms with Gasteiger partial charge >= 0.3 is 0 Å². The molecule has 2 aromatic rings. The first-order chi connectivity index (χ1) is 9.60. The summed E-state index contributed by atoms with van der Waals surface area (Å²) in [7, 11) is 1.45. The molecule has 0 bridgehead atoms. The Morgan fingerprint density at radius 2 is 1.90 bits per heavy atom. The van der Waals surface area contributed by atoms with E-state index < -0.39 is 0 Å². The van der Waals surface area contributed by atoms with Gasteiger partial charge in [-0.05, 0) is 30.7 Å². The Balaban J connectivity index is 2.03. The van der Waals surface area contributed by atoms with E-state index in [0.717, 1.165) is 5.56 Å². The van der Waals surface area contributed by atoms with E-state index in [2.05, 4.69) is 5.32 Å². The van der Waals surface area contributed by atoms with Gasteiger partial charge in [0.15, 0.2) is 11.5 Å². The summed E-state index contributed by atoms with van der Waals surface area (Å²) in [6, 6.07) is 12.5. The molecule has 0 saturated heterocycles. The second-order valence-electron chi connectivity index (χ2n) is 4.55. The predicted octanol–water partition coefficient (Wildman–Crippen LogP) is 2.64. The van der Waals surface area contributed by atoms with Crippen LogP contribution >= 0.6 is 0 Å². The van der Waals surface area contributed by atoms with E-state index in [4.69, 9.17) is 4.74 Å². The molecule has 20 heavy (non-hydrogen) atoms. The fraction of sp³-hybridized carbons (Fsp3) is 0.188. The van der Waals surface area contributed by atoms with E-state index in [1.807, 2.05) is 31.2 Å². The third-order valence-corrected chi connectivity index (χ3v) is 3.02. The number of aromatic hydroxyl groups is 1. The lowest BCUT2D eigenvalue weighted by atomic mass is 10.1. The smallest absolute Gasteiger partial charge is 0.251 e. The van der Waals surface area contributed by atoms with Gasteiger partial charge in [0.25, 0.3) is 5.91 Å². The van der Waals surface area contributed by atoms with Crippen LogP contribution < -0.4 is 10.1 Å². The Bertz CT molecular complexity index is 606. The van der Waals surface area contributed by atoms with Gasteiger partial charge in [0.1, 0.15) is 0 Å². The van der Waals surface area contributed by atoms with Crippen LogP contribution in [0.4, 0.5) is 0 Å². The van der Waals surface area contributed by atoms with Crippen molar-refractivity contribution in [1.82, 2.24) is 5.32 Å². The number of phenolic OH excluding ortho intramolecular Hbond substituents is 1. The van der Waals surface area contributed by atoms with Crippen LogP contribution in [-0.4, -0.2) is 18.1 Å². The summed E-state index contributed by atoms with van der Waals surface area (Å²) in [4.78, 5) is 12.0. The Labute approximate surface area is 118 Å². The highest BCUT2D eigenvalue weighted by Crippen LogP contribution is 2.26. The van der Waals surface area contributed by atoms with Crippen molar-refractivity contribution in [3.05, 3.63) is 59.2 Å². The summed E-state index contributed by atoms with van der Waals surface area (Å²) in [5.74, 6) is 0.0967. The number of methoxy groups -OCH3 is 1. The molecule has 0 radical (unpaired) electrons. The maximum Gasteiger partial charge on any atom is 0.251 e. The minimum Gasteiger partial charge on any atom is -0.504 e. The number of benzene rings is 2. The largest absolute Gasteiger partial charge is 0.504 e. The molecule has 0 aliphatic carbocycles. The fourth-order valence-corrected chi connectivity index (χ4v) is 1.81. The van der Waals surface area contributed by atoms with Crippen molar-refractivity contribution in [2.24, 2.45) is 0 Å². The standard InChI is InChI=1S/C16H17NO3/c1-11-3-5-12(6-4-11)10-17-16(19)13-7-8-14(18)15(9-13)20-2/h3-9,18H,10H2,1-2H3,(H,17,19). The van der Waals surface area contributed by atoms with Crippen LogP contribution in [0.5, 0.6) is 11.5 Å². The number of ether oxygens (including phenoxy) is 1. The first kappa shape index (κ1) is 13.9. The Hall–Kier alpha value is -2.49. The molecule has 0 spiro atoms. The van der Waals surface area contributed by atoms with Crippen LogP contribution in [0.1, 0.15) is 21.5 Å². The van der Waals surface area contributed by atoms with Crippen molar-refractivity contribution in [2.45, 2.75) is 13.5 Å². The monoisotopic (exact) mass is 271 g/mol. The Morgan fingerprint density at radius 1 is 1.20 bits per heavy atom. The summed E-state index contributed by atoms with van der Waals surface area (Å²) in [5.41, 5.74) is 2.67. The van der Waals surface area contributed by atoms with Crippen LogP contribution in [-0.2, 0) is 6.54 Å². The summed E-state index contributed by atoms with van der Waals surface area (Å²) < 4.78 is 4.98. The number of nitrogens with one attached hydrogen (secondary N) is 1. The molecule has 4 nitrogen and oxygen atoms in total. The zero-order chi connectivity index (χ0) is 14.5. The number of hydrogen-bond acceptors (Lipinski definition) is 3. The van der Waals surface area contributed by atoms with Crippen LogP contribution in [0.15, 0.2) is 42.5 Å². The second kappa shape index (κ2) is 6.10. The summed E-state index contributed by atoms with van der Waals surface area (Å²) >= 11 is 0. The molecule has 0 aliphatic heterocycles. The third kappa shape index (κ3) is 3.29. The van der Waals surface area contributed by atoms with Gasteiger partial charge in [-0.2, -0.15) is 0 Å². The lowest BCUT2D eigenvalue weighted by Crippen LogP contribution is -2.22. The first-order valence-corrected chi connectivity index (χ1v) is 6.31. The minimum atomic E-state index is -0.205. The summed E-state index contributed by atoms with van der Waals surface area (Å²) in [6.07, 6.45) is 0. The molecular formula is C16H17NO3. The third-order valence-electron chi connectivity index (χ3n) is 3.02. The summed E-state index contributed by atoms with van der Waals surface area (Å²) in [6.45, 7) is 2.48. The van der Waals surface area contributed by atoms with E-state index in [0.29, 0.717) is 12.1 Å². The highest BCUT2D eigenvalue weighted by atomic mass is 16.5.